The average Bonchev–Trinajstić information content (AvgIpc) is 3.70. The van der Waals surface area contributed by atoms with Crippen molar-refractivity contribution in [2.75, 3.05) is 0 Å². The second-order valence-corrected chi connectivity index (χ2v) is 13.8. The van der Waals surface area contributed by atoms with Crippen molar-refractivity contribution in [2.24, 2.45) is 23.7 Å². The van der Waals surface area contributed by atoms with E-state index in [9.17, 15) is 35.1 Å². The van der Waals surface area contributed by atoms with Crippen LogP contribution in [0.15, 0.2) is 97.1 Å². The molecule has 0 spiro atoms. The smallest absolute Gasteiger partial charge is 0.306 e. The summed E-state index contributed by atoms with van der Waals surface area (Å²) in [6.45, 7) is 0. The Morgan fingerprint density at radius 2 is 1.34 bits per heavy atom. The van der Waals surface area contributed by atoms with Gasteiger partial charge in [-0.3, -0.25) is 9.59 Å². The van der Waals surface area contributed by atoms with E-state index in [1.54, 1.807) is 12.2 Å². The van der Waals surface area contributed by atoms with Crippen LogP contribution in [0.4, 0.5) is 0 Å². The molecule has 272 valence electrons. The summed E-state index contributed by atoms with van der Waals surface area (Å²) in [5, 5.41) is 59.6. The molecule has 1 heterocycles. The van der Waals surface area contributed by atoms with Crippen LogP contribution >= 0.6 is 0 Å². The zero-order chi connectivity index (χ0) is 35.9. The lowest BCUT2D eigenvalue weighted by Crippen LogP contribution is -2.20. The minimum absolute atomic E-state index is 0.0556. The normalized spacial score (nSPS) is 28.9. The predicted molar refractivity (Wildman–Crippen MR) is 191 cm³/mol. The Kier molecular flexibility index (Phi) is 15.9. The molecule has 50 heavy (non-hydrogen) atoms. The Morgan fingerprint density at radius 1 is 0.780 bits per heavy atom. The van der Waals surface area contributed by atoms with E-state index in [-0.39, 0.29) is 42.2 Å². The number of esters is 1. The van der Waals surface area contributed by atoms with E-state index >= 15 is 0 Å². The van der Waals surface area contributed by atoms with Gasteiger partial charge in [0, 0.05) is 37.0 Å². The Bertz CT molecular complexity index is 1390. The molecule has 2 saturated carbocycles. The van der Waals surface area contributed by atoms with Crippen LogP contribution in [0.25, 0.3) is 0 Å². The number of carbonyl (C=O) groups is 2. The van der Waals surface area contributed by atoms with E-state index in [0.29, 0.717) is 51.4 Å². The van der Waals surface area contributed by atoms with Crippen LogP contribution in [0.3, 0.4) is 0 Å². The third kappa shape index (κ3) is 12.6. The number of aliphatic hydroxyl groups is 5. The Balaban J connectivity index is 0.000000231. The summed E-state index contributed by atoms with van der Waals surface area (Å²) in [5.74, 6) is -1.29. The lowest BCUT2D eigenvalue weighted by atomic mass is 9.89. The summed E-state index contributed by atoms with van der Waals surface area (Å²) in [6.07, 6.45) is 14.3. The van der Waals surface area contributed by atoms with Gasteiger partial charge in [0.2, 0.25) is 0 Å². The molecule has 2 aromatic carbocycles. The number of fused-ring (bicyclic) bond motifs is 1. The third-order valence-electron chi connectivity index (χ3n) is 10.1. The number of rotatable bonds is 16. The van der Waals surface area contributed by atoms with Gasteiger partial charge in [0.05, 0.1) is 36.9 Å². The first-order valence-corrected chi connectivity index (χ1v) is 18.0. The van der Waals surface area contributed by atoms with Gasteiger partial charge in [-0.25, -0.2) is 0 Å². The van der Waals surface area contributed by atoms with E-state index in [0.717, 1.165) is 12.8 Å². The number of hydrogen-bond acceptors (Lipinski definition) is 8. The molecule has 1 aliphatic heterocycles. The molecule has 5 rings (SSSR count). The topological polar surface area (TPSA) is 165 Å². The van der Waals surface area contributed by atoms with E-state index in [1.165, 1.54) is 11.1 Å². The number of carbonyl (C=O) groups excluding carboxylic acids is 1. The molecule has 9 heteroatoms. The number of ether oxygens (including phenoxy) is 1. The molecule has 0 bridgehead atoms. The van der Waals surface area contributed by atoms with Crippen LogP contribution in [0.1, 0.15) is 68.9 Å². The average molecular weight is 691 g/mol. The van der Waals surface area contributed by atoms with Crippen molar-refractivity contribution in [3.05, 3.63) is 108 Å². The first-order chi connectivity index (χ1) is 24.1. The molecular weight excluding hydrogens is 636 g/mol. The monoisotopic (exact) mass is 690 g/mol. The molecule has 2 aliphatic carbocycles. The largest absolute Gasteiger partial charge is 0.481 e. The van der Waals surface area contributed by atoms with Crippen molar-refractivity contribution >= 4 is 11.9 Å². The van der Waals surface area contributed by atoms with Gasteiger partial charge in [-0.15, -0.1) is 0 Å². The first-order valence-electron chi connectivity index (χ1n) is 18.0. The van der Waals surface area contributed by atoms with Gasteiger partial charge in [-0.2, -0.15) is 0 Å². The van der Waals surface area contributed by atoms with Gasteiger partial charge in [0.25, 0.3) is 0 Å². The highest BCUT2D eigenvalue weighted by Crippen LogP contribution is 2.42. The minimum atomic E-state index is -0.793. The zero-order valence-corrected chi connectivity index (χ0v) is 28.7. The van der Waals surface area contributed by atoms with Gasteiger partial charge in [0.15, 0.2) is 0 Å². The highest BCUT2D eigenvalue weighted by Gasteiger charge is 2.48. The van der Waals surface area contributed by atoms with Crippen LogP contribution in [0, 0.1) is 23.7 Å². The van der Waals surface area contributed by atoms with Gasteiger partial charge >= 0.3 is 11.9 Å². The molecular formula is C41H54O9. The Morgan fingerprint density at radius 3 is 1.92 bits per heavy atom. The van der Waals surface area contributed by atoms with Crippen LogP contribution in [-0.2, 0) is 27.2 Å². The number of benzene rings is 2. The second kappa shape index (κ2) is 20.3. The highest BCUT2D eigenvalue weighted by atomic mass is 16.6. The fourth-order valence-corrected chi connectivity index (χ4v) is 7.26. The molecule has 9 nitrogen and oxygen atoms in total. The first kappa shape index (κ1) is 39.2. The summed E-state index contributed by atoms with van der Waals surface area (Å²) in [4.78, 5) is 21.8. The van der Waals surface area contributed by atoms with Crippen LogP contribution < -0.4 is 0 Å². The Hall–Kier alpha value is -3.60. The van der Waals surface area contributed by atoms with Crippen LogP contribution in [0.5, 0.6) is 0 Å². The molecule has 0 amide bonds. The standard InChI is InChI=1S/C23H32O5.C18H22O4/c24-18(13-12-17-8-4-3-5-9-17)14-15-20-19(21(25)16-22(20)26)10-6-1-2-7-11-23(27)28;19-13(7-6-12-4-2-1-3-5-12)8-9-14-15-10-18(21)22-17(15)11-16(14)20/h1,3-6,8-9,14-15,18-22,24-26H,2,7,10-13,16H2,(H,27,28);1-5,8-9,13-17,19-20H,6-7,10-11H2/b6-1-,15-14+;9-8+/t18?,19?,20?,21-,22+;13?,14?,15-,16-,17+/m01/s1. The number of hydrogen-bond donors (Lipinski definition) is 6. The summed E-state index contributed by atoms with van der Waals surface area (Å²) in [6, 6.07) is 20.0. The molecule has 10 atom stereocenters. The van der Waals surface area contributed by atoms with Crippen LogP contribution in [0.2, 0.25) is 0 Å². The summed E-state index contributed by atoms with van der Waals surface area (Å²) in [7, 11) is 0. The SMILES string of the molecule is O=C(O)CCC/C=C\CC1C(/C=C/C(O)CCc2ccccc2)[C@H](O)C[C@@H]1O.O=C1C[C@@H]2C(/C=C/C(O)CCc3ccccc3)[C@H](O)C[C@@H]2O1. The molecule has 3 aliphatic rings. The predicted octanol–water partition coefficient (Wildman–Crippen LogP) is 4.94. The molecule has 2 aromatic rings. The van der Waals surface area contributed by atoms with Gasteiger partial charge in [0.1, 0.15) is 6.10 Å². The maximum atomic E-state index is 11.3. The molecule has 1 saturated heterocycles. The van der Waals surface area contributed by atoms with Crippen molar-refractivity contribution in [1.82, 2.24) is 0 Å². The van der Waals surface area contributed by atoms with Crippen molar-refractivity contribution in [1.29, 1.82) is 0 Å². The van der Waals surface area contributed by atoms with Crippen molar-refractivity contribution < 1.29 is 45.0 Å². The van der Waals surface area contributed by atoms with Gasteiger partial charge in [-0.05, 0) is 62.0 Å². The fourth-order valence-electron chi connectivity index (χ4n) is 7.26. The lowest BCUT2D eigenvalue weighted by Gasteiger charge is -2.19. The van der Waals surface area contributed by atoms with E-state index in [2.05, 4.69) is 0 Å². The van der Waals surface area contributed by atoms with Crippen molar-refractivity contribution in [3.63, 3.8) is 0 Å². The van der Waals surface area contributed by atoms with E-state index in [1.807, 2.05) is 85.0 Å². The number of allylic oxidation sites excluding steroid dienone is 2. The summed E-state index contributed by atoms with van der Waals surface area (Å²) in [5.41, 5.74) is 2.38. The third-order valence-corrected chi connectivity index (χ3v) is 10.1. The summed E-state index contributed by atoms with van der Waals surface area (Å²) >= 11 is 0. The number of unbranched alkanes of at least 4 members (excludes halogenated alkanes) is 1. The molecule has 3 fully saturated rings. The molecule has 0 aromatic heterocycles. The number of aliphatic carboxylic acids is 1. The number of carboxylic acids is 1. The zero-order valence-electron chi connectivity index (χ0n) is 28.7. The van der Waals surface area contributed by atoms with E-state index < -0.39 is 36.5 Å². The van der Waals surface area contributed by atoms with Crippen molar-refractivity contribution in [2.45, 2.75) is 107 Å². The number of carboxylic acid groups (broad SMARTS) is 1. The molecule has 0 radical (unpaired) electrons. The van der Waals surface area contributed by atoms with Crippen LogP contribution in [-0.4, -0.2) is 79.2 Å². The fraction of sp³-hybridized carbons (Fsp3) is 0.512. The van der Waals surface area contributed by atoms with Gasteiger partial charge in [-0.1, -0.05) is 97.1 Å². The quantitative estimate of drug-likeness (QED) is 0.0813. The minimum Gasteiger partial charge on any atom is -0.481 e. The van der Waals surface area contributed by atoms with Gasteiger partial charge < -0.3 is 35.4 Å². The highest BCUT2D eigenvalue weighted by molar-refractivity contribution is 5.72. The number of aliphatic hydroxyl groups excluding tert-OH is 5. The molecule has 6 N–H and O–H groups in total. The lowest BCUT2D eigenvalue weighted by molar-refractivity contribution is -0.142. The molecule has 5 unspecified atom stereocenters. The maximum absolute atomic E-state index is 11.3. The second-order valence-electron chi connectivity index (χ2n) is 13.8. The van der Waals surface area contributed by atoms with Crippen molar-refractivity contribution in [3.8, 4) is 0 Å². The maximum Gasteiger partial charge on any atom is 0.306 e. The number of aryl methyl sites for hydroxylation is 2. The van der Waals surface area contributed by atoms with E-state index in [4.69, 9.17) is 9.84 Å². The summed E-state index contributed by atoms with van der Waals surface area (Å²) < 4.78 is 5.20. The Labute approximate surface area is 295 Å².